The van der Waals surface area contributed by atoms with Crippen molar-refractivity contribution in [3.8, 4) is 11.5 Å². The molecule has 4 rings (SSSR count). The fourth-order valence-corrected chi connectivity index (χ4v) is 4.23. The Kier molecular flexibility index (Phi) is 7.42. The Morgan fingerprint density at radius 1 is 0.838 bits per heavy atom. The van der Waals surface area contributed by atoms with Crippen molar-refractivity contribution >= 4 is 58.0 Å². The number of carbonyl (C=O) groups is 3. The number of benzene rings is 3. The minimum absolute atomic E-state index is 0.112. The average molecular weight is 540 g/mol. The highest BCUT2D eigenvalue weighted by Gasteiger charge is 2.40. The lowest BCUT2D eigenvalue weighted by molar-refractivity contribution is -0.120. The minimum atomic E-state index is -0.706. The van der Waals surface area contributed by atoms with Gasteiger partial charge in [-0.2, -0.15) is 0 Å². The van der Waals surface area contributed by atoms with Gasteiger partial charge in [0.25, 0.3) is 17.7 Å². The molecule has 1 aliphatic rings. The van der Waals surface area contributed by atoms with E-state index in [0.717, 1.165) is 16.0 Å². The molecule has 3 amide bonds. The van der Waals surface area contributed by atoms with Crippen molar-refractivity contribution in [1.29, 1.82) is 0 Å². The lowest BCUT2D eigenvalue weighted by atomic mass is 10.1. The average Bonchev–Trinajstić information content (AvgIpc) is 3.09. The monoisotopic (exact) mass is 539 g/mol. The van der Waals surface area contributed by atoms with Crippen LogP contribution in [0, 0.1) is 13.8 Å². The van der Waals surface area contributed by atoms with Gasteiger partial charge < -0.3 is 20.1 Å². The summed E-state index contributed by atoms with van der Waals surface area (Å²) in [6.07, 6.45) is 0. The van der Waals surface area contributed by atoms with Crippen molar-refractivity contribution in [2.75, 3.05) is 29.8 Å². The quantitative estimate of drug-likeness (QED) is 0.376. The fraction of sp³-hybridized carbons (Fsp3) is 0.148. The molecular weight excluding hydrogens is 517 g/mol. The van der Waals surface area contributed by atoms with Crippen LogP contribution in [0.2, 0.25) is 5.02 Å². The summed E-state index contributed by atoms with van der Waals surface area (Å²) in [4.78, 5) is 40.1. The Bertz CT molecular complexity index is 1470. The molecule has 0 saturated carbocycles. The van der Waals surface area contributed by atoms with E-state index in [1.165, 1.54) is 20.3 Å². The maximum Gasteiger partial charge on any atom is 0.283 e. The predicted octanol–water partition coefficient (Wildman–Crippen LogP) is 5.66. The van der Waals surface area contributed by atoms with Gasteiger partial charge in [-0.05, 0) is 67.4 Å². The van der Waals surface area contributed by atoms with Crippen molar-refractivity contribution < 1.29 is 23.9 Å². The van der Waals surface area contributed by atoms with E-state index in [2.05, 4.69) is 10.6 Å². The van der Waals surface area contributed by atoms with E-state index >= 15 is 0 Å². The van der Waals surface area contributed by atoms with Crippen molar-refractivity contribution in [2.24, 2.45) is 0 Å². The molecule has 10 heteroatoms. The summed E-state index contributed by atoms with van der Waals surface area (Å²) in [7, 11) is 2.91. The third-order valence-electron chi connectivity index (χ3n) is 5.85. The lowest BCUT2D eigenvalue weighted by Gasteiger charge is -2.19. The normalized spacial score (nSPS) is 13.2. The highest BCUT2D eigenvalue weighted by atomic mass is 35.5. The number of rotatable bonds is 7. The Morgan fingerprint density at radius 3 is 2.27 bits per heavy atom. The summed E-state index contributed by atoms with van der Waals surface area (Å²) in [5.41, 5.74) is 3.05. The van der Waals surface area contributed by atoms with E-state index in [4.69, 9.17) is 32.7 Å². The SMILES string of the molecule is COc1ccc(N2C(=O)C(Cl)=C(Nc3cc(C(=O)Nc4ccc(Cl)cc4C)ccc3C)C2=O)c(OC)c1. The van der Waals surface area contributed by atoms with Crippen LogP contribution in [0.5, 0.6) is 11.5 Å². The van der Waals surface area contributed by atoms with E-state index in [0.29, 0.717) is 27.7 Å². The largest absolute Gasteiger partial charge is 0.497 e. The Labute approximate surface area is 223 Å². The van der Waals surface area contributed by atoms with E-state index in [9.17, 15) is 14.4 Å². The van der Waals surface area contributed by atoms with E-state index < -0.39 is 11.8 Å². The minimum Gasteiger partial charge on any atom is -0.497 e. The van der Waals surface area contributed by atoms with Gasteiger partial charge >= 0.3 is 0 Å². The number of hydrogen-bond acceptors (Lipinski definition) is 6. The van der Waals surface area contributed by atoms with Gasteiger partial charge in [-0.3, -0.25) is 14.4 Å². The molecule has 8 nitrogen and oxygen atoms in total. The summed E-state index contributed by atoms with van der Waals surface area (Å²) < 4.78 is 10.5. The first-order valence-electron chi connectivity index (χ1n) is 11.1. The van der Waals surface area contributed by atoms with Crippen LogP contribution in [0.4, 0.5) is 17.1 Å². The molecule has 2 N–H and O–H groups in total. The van der Waals surface area contributed by atoms with E-state index in [1.54, 1.807) is 55.5 Å². The first-order chi connectivity index (χ1) is 17.6. The molecule has 0 aliphatic carbocycles. The molecule has 0 atom stereocenters. The van der Waals surface area contributed by atoms with Crippen molar-refractivity contribution in [2.45, 2.75) is 13.8 Å². The van der Waals surface area contributed by atoms with Crippen LogP contribution in [0.3, 0.4) is 0 Å². The van der Waals surface area contributed by atoms with Gasteiger partial charge in [0.1, 0.15) is 22.2 Å². The molecule has 1 heterocycles. The molecular formula is C27H23Cl2N3O5. The van der Waals surface area contributed by atoms with Gasteiger partial charge in [-0.1, -0.05) is 29.3 Å². The molecule has 0 unspecified atom stereocenters. The number of imide groups is 1. The van der Waals surface area contributed by atoms with E-state index in [1.807, 2.05) is 6.92 Å². The summed E-state index contributed by atoms with van der Waals surface area (Å²) >= 11 is 12.3. The molecule has 3 aromatic carbocycles. The van der Waals surface area contributed by atoms with Crippen LogP contribution in [0.15, 0.2) is 65.3 Å². The van der Waals surface area contributed by atoms with Crippen LogP contribution in [0.25, 0.3) is 0 Å². The summed E-state index contributed by atoms with van der Waals surface area (Å²) in [5, 5.41) is 6.09. The number of amides is 3. The van der Waals surface area contributed by atoms with Crippen LogP contribution in [0.1, 0.15) is 21.5 Å². The van der Waals surface area contributed by atoms with Crippen molar-refractivity contribution in [1.82, 2.24) is 0 Å². The van der Waals surface area contributed by atoms with Crippen LogP contribution in [-0.4, -0.2) is 31.9 Å². The number of halogens is 2. The molecule has 0 saturated heterocycles. The number of anilines is 3. The van der Waals surface area contributed by atoms with Gasteiger partial charge in [0, 0.05) is 28.0 Å². The standard InChI is InChI=1S/C27H23Cl2N3O5/c1-14-5-6-16(25(33)31-19-9-7-17(28)11-15(19)2)12-20(14)30-24-23(29)26(34)32(27(24)35)21-10-8-18(36-3)13-22(21)37-4/h5-13,30H,1-4H3,(H,31,33). The fourth-order valence-electron chi connectivity index (χ4n) is 3.79. The molecule has 0 radical (unpaired) electrons. The van der Waals surface area contributed by atoms with Gasteiger partial charge in [-0.25, -0.2) is 4.90 Å². The third-order valence-corrected chi connectivity index (χ3v) is 6.44. The number of ether oxygens (including phenoxy) is 2. The third kappa shape index (κ3) is 5.12. The topological polar surface area (TPSA) is 97.0 Å². The number of carbonyl (C=O) groups excluding carboxylic acids is 3. The zero-order valence-electron chi connectivity index (χ0n) is 20.4. The van der Waals surface area contributed by atoms with Gasteiger partial charge in [-0.15, -0.1) is 0 Å². The second kappa shape index (κ2) is 10.5. The number of hydrogen-bond donors (Lipinski definition) is 2. The van der Waals surface area contributed by atoms with Crippen molar-refractivity contribution in [3.05, 3.63) is 87.0 Å². The van der Waals surface area contributed by atoms with Crippen LogP contribution < -0.4 is 25.0 Å². The molecule has 0 spiro atoms. The van der Waals surface area contributed by atoms with Gasteiger partial charge in [0.15, 0.2) is 0 Å². The summed E-state index contributed by atoms with van der Waals surface area (Å²) in [6.45, 7) is 3.64. The van der Waals surface area contributed by atoms with Crippen LogP contribution in [-0.2, 0) is 9.59 Å². The lowest BCUT2D eigenvalue weighted by Crippen LogP contribution is -2.32. The zero-order valence-corrected chi connectivity index (χ0v) is 22.0. The highest BCUT2D eigenvalue weighted by Crippen LogP contribution is 2.38. The molecule has 0 bridgehead atoms. The number of aryl methyl sites for hydroxylation is 2. The van der Waals surface area contributed by atoms with Gasteiger partial charge in [0.2, 0.25) is 0 Å². The maximum atomic E-state index is 13.3. The Hall–Kier alpha value is -4.01. The smallest absolute Gasteiger partial charge is 0.283 e. The zero-order chi connectivity index (χ0) is 26.9. The molecule has 0 aromatic heterocycles. The molecule has 37 heavy (non-hydrogen) atoms. The Morgan fingerprint density at radius 2 is 1.59 bits per heavy atom. The summed E-state index contributed by atoms with van der Waals surface area (Å²) in [6, 6.07) is 14.8. The van der Waals surface area contributed by atoms with Gasteiger partial charge in [0.05, 0.1) is 19.9 Å². The van der Waals surface area contributed by atoms with Crippen LogP contribution >= 0.6 is 23.2 Å². The number of nitrogens with zero attached hydrogens (tertiary/aromatic N) is 1. The first-order valence-corrected chi connectivity index (χ1v) is 11.9. The predicted molar refractivity (Wildman–Crippen MR) is 144 cm³/mol. The molecule has 1 aliphatic heterocycles. The van der Waals surface area contributed by atoms with Crippen molar-refractivity contribution in [3.63, 3.8) is 0 Å². The van der Waals surface area contributed by atoms with E-state index in [-0.39, 0.29) is 28.1 Å². The number of nitrogens with one attached hydrogen (secondary N) is 2. The molecule has 3 aromatic rings. The molecule has 190 valence electrons. The first kappa shape index (κ1) is 26.1. The highest BCUT2D eigenvalue weighted by molar-refractivity contribution is 6.53. The maximum absolute atomic E-state index is 13.3. The second-order valence-electron chi connectivity index (χ2n) is 8.24. The second-order valence-corrected chi connectivity index (χ2v) is 9.05. The summed E-state index contributed by atoms with van der Waals surface area (Å²) in [5.74, 6) is -0.963. The number of methoxy groups -OCH3 is 2. The Balaban J connectivity index is 1.60. The molecule has 0 fully saturated rings.